The molecule has 0 aromatic heterocycles. The van der Waals surface area contributed by atoms with Crippen molar-refractivity contribution in [3.8, 4) is 11.5 Å². The standard InChI is InChI=1S/C21H18O2/c1-12(2)18-10-14(22)11-19-16(18)7-8-17-15-6-4-3-5-13(15)9-20(23)21(17)19/h3-12,22-23H,1-2H3. The zero-order valence-corrected chi connectivity index (χ0v) is 13.2. The van der Waals surface area contributed by atoms with Gasteiger partial charge in [0, 0.05) is 5.39 Å². The van der Waals surface area contributed by atoms with Crippen LogP contribution < -0.4 is 0 Å². The van der Waals surface area contributed by atoms with Gasteiger partial charge >= 0.3 is 0 Å². The van der Waals surface area contributed by atoms with Crippen LogP contribution >= 0.6 is 0 Å². The Hall–Kier alpha value is -2.74. The summed E-state index contributed by atoms with van der Waals surface area (Å²) in [5.74, 6) is 0.788. The predicted octanol–water partition coefficient (Wildman–Crippen LogP) is 5.68. The molecule has 0 aliphatic carbocycles. The molecule has 0 fully saturated rings. The van der Waals surface area contributed by atoms with Crippen LogP contribution in [0.2, 0.25) is 0 Å². The van der Waals surface area contributed by atoms with E-state index in [0.717, 1.165) is 37.9 Å². The maximum Gasteiger partial charge on any atom is 0.124 e. The quantitative estimate of drug-likeness (QED) is 0.444. The monoisotopic (exact) mass is 302 g/mol. The maximum atomic E-state index is 10.6. The normalized spacial score (nSPS) is 11.8. The summed E-state index contributed by atoms with van der Waals surface area (Å²) in [5, 5.41) is 26.7. The van der Waals surface area contributed by atoms with Crippen LogP contribution in [-0.2, 0) is 0 Å². The lowest BCUT2D eigenvalue weighted by Gasteiger charge is -2.15. The van der Waals surface area contributed by atoms with Gasteiger partial charge in [-0.15, -0.1) is 0 Å². The summed E-state index contributed by atoms with van der Waals surface area (Å²) >= 11 is 0. The number of fused-ring (bicyclic) bond motifs is 5. The van der Waals surface area contributed by atoms with Gasteiger partial charge in [-0.05, 0) is 56.6 Å². The van der Waals surface area contributed by atoms with Crippen LogP contribution in [0.1, 0.15) is 25.3 Å². The van der Waals surface area contributed by atoms with Crippen molar-refractivity contribution in [3.63, 3.8) is 0 Å². The second-order valence-electron chi connectivity index (χ2n) is 6.39. The number of hydrogen-bond acceptors (Lipinski definition) is 2. The molecule has 0 saturated heterocycles. The van der Waals surface area contributed by atoms with E-state index in [9.17, 15) is 10.2 Å². The molecule has 0 heterocycles. The van der Waals surface area contributed by atoms with E-state index in [1.54, 1.807) is 12.1 Å². The summed E-state index contributed by atoms with van der Waals surface area (Å²) in [4.78, 5) is 0. The third-order valence-electron chi connectivity index (χ3n) is 4.57. The van der Waals surface area contributed by atoms with Crippen molar-refractivity contribution in [2.45, 2.75) is 19.8 Å². The number of phenols is 2. The van der Waals surface area contributed by atoms with Crippen LogP contribution in [0.15, 0.2) is 54.6 Å². The van der Waals surface area contributed by atoms with Crippen molar-refractivity contribution in [2.24, 2.45) is 0 Å². The maximum absolute atomic E-state index is 10.6. The number of benzene rings is 4. The molecule has 4 aromatic carbocycles. The first-order valence-electron chi connectivity index (χ1n) is 7.86. The van der Waals surface area contributed by atoms with Crippen LogP contribution in [0.25, 0.3) is 32.3 Å². The predicted molar refractivity (Wildman–Crippen MR) is 96.4 cm³/mol. The average Bonchev–Trinajstić information content (AvgIpc) is 2.53. The summed E-state index contributed by atoms with van der Waals surface area (Å²) in [5.41, 5.74) is 1.09. The number of hydrogen-bond donors (Lipinski definition) is 2. The molecule has 4 rings (SSSR count). The fourth-order valence-electron chi connectivity index (χ4n) is 3.51. The molecule has 2 nitrogen and oxygen atoms in total. The molecule has 0 saturated carbocycles. The number of aromatic hydroxyl groups is 2. The molecule has 0 unspecified atom stereocenters. The van der Waals surface area contributed by atoms with Crippen molar-refractivity contribution in [1.82, 2.24) is 0 Å². The molecule has 0 spiro atoms. The van der Waals surface area contributed by atoms with E-state index in [1.807, 2.05) is 24.3 Å². The Morgan fingerprint density at radius 3 is 2.26 bits per heavy atom. The lowest BCUT2D eigenvalue weighted by Crippen LogP contribution is -1.91. The highest BCUT2D eigenvalue weighted by molar-refractivity contribution is 6.20. The van der Waals surface area contributed by atoms with Crippen molar-refractivity contribution in [1.29, 1.82) is 0 Å². The fraction of sp³-hybridized carbons (Fsp3) is 0.143. The van der Waals surface area contributed by atoms with Crippen LogP contribution in [0.5, 0.6) is 11.5 Å². The van der Waals surface area contributed by atoms with E-state index in [0.29, 0.717) is 5.92 Å². The lowest BCUT2D eigenvalue weighted by atomic mass is 9.91. The van der Waals surface area contributed by atoms with Crippen LogP contribution in [0.3, 0.4) is 0 Å². The minimum atomic E-state index is 0.237. The zero-order chi connectivity index (χ0) is 16.1. The Morgan fingerprint density at radius 1 is 0.739 bits per heavy atom. The second kappa shape index (κ2) is 4.88. The van der Waals surface area contributed by atoms with Crippen molar-refractivity contribution in [3.05, 3.63) is 60.2 Å². The van der Waals surface area contributed by atoms with Gasteiger partial charge in [-0.1, -0.05) is 50.2 Å². The van der Waals surface area contributed by atoms with Crippen molar-refractivity contribution < 1.29 is 10.2 Å². The number of phenolic OH excluding ortho intramolecular Hbond substituents is 2. The van der Waals surface area contributed by atoms with Gasteiger partial charge in [0.05, 0.1) is 0 Å². The molecule has 23 heavy (non-hydrogen) atoms. The minimum Gasteiger partial charge on any atom is -0.508 e. The van der Waals surface area contributed by atoms with Gasteiger partial charge in [0.2, 0.25) is 0 Å². The van der Waals surface area contributed by atoms with Gasteiger partial charge in [-0.3, -0.25) is 0 Å². The highest BCUT2D eigenvalue weighted by Crippen LogP contribution is 2.40. The largest absolute Gasteiger partial charge is 0.508 e. The highest BCUT2D eigenvalue weighted by Gasteiger charge is 2.14. The second-order valence-corrected chi connectivity index (χ2v) is 6.39. The van der Waals surface area contributed by atoms with Gasteiger partial charge in [-0.2, -0.15) is 0 Å². The molecule has 114 valence electrons. The first kappa shape index (κ1) is 13.9. The molecule has 2 N–H and O–H groups in total. The van der Waals surface area contributed by atoms with Crippen molar-refractivity contribution in [2.75, 3.05) is 0 Å². The van der Waals surface area contributed by atoms with Crippen LogP contribution in [-0.4, -0.2) is 10.2 Å². The third kappa shape index (κ3) is 2.02. The van der Waals surface area contributed by atoms with Gasteiger partial charge in [0.1, 0.15) is 11.5 Å². The summed E-state index contributed by atoms with van der Waals surface area (Å²) in [6.07, 6.45) is 0. The smallest absolute Gasteiger partial charge is 0.124 e. The molecule has 0 aliphatic rings. The SMILES string of the molecule is CC(C)c1cc(O)cc2c1ccc1c3ccccc3cc(O)c21. The molecule has 0 bridgehead atoms. The van der Waals surface area contributed by atoms with Crippen LogP contribution in [0, 0.1) is 0 Å². The Kier molecular flexibility index (Phi) is 2.95. The number of rotatable bonds is 1. The van der Waals surface area contributed by atoms with Gasteiger partial charge < -0.3 is 10.2 Å². The van der Waals surface area contributed by atoms with E-state index in [-0.39, 0.29) is 11.5 Å². The van der Waals surface area contributed by atoms with Gasteiger partial charge in [0.25, 0.3) is 0 Å². The Labute approximate surface area is 134 Å². The third-order valence-corrected chi connectivity index (χ3v) is 4.57. The first-order chi connectivity index (χ1) is 11.1. The topological polar surface area (TPSA) is 40.5 Å². The average molecular weight is 302 g/mol. The molecular formula is C21H18O2. The molecule has 2 heteroatoms. The molecular weight excluding hydrogens is 284 g/mol. The Morgan fingerprint density at radius 2 is 1.48 bits per heavy atom. The molecule has 0 atom stereocenters. The zero-order valence-electron chi connectivity index (χ0n) is 13.2. The Bertz CT molecular complexity index is 1060. The van der Waals surface area contributed by atoms with E-state index in [1.165, 1.54) is 0 Å². The first-order valence-corrected chi connectivity index (χ1v) is 7.86. The van der Waals surface area contributed by atoms with Gasteiger partial charge in [-0.25, -0.2) is 0 Å². The Balaban J connectivity index is 2.27. The summed E-state index contributed by atoms with van der Waals surface area (Å²) in [7, 11) is 0. The summed E-state index contributed by atoms with van der Waals surface area (Å²) in [6, 6.07) is 17.6. The highest BCUT2D eigenvalue weighted by atomic mass is 16.3. The lowest BCUT2D eigenvalue weighted by molar-refractivity contribution is 0.475. The minimum absolute atomic E-state index is 0.237. The summed E-state index contributed by atoms with van der Waals surface area (Å²) < 4.78 is 0. The summed E-state index contributed by atoms with van der Waals surface area (Å²) in [6.45, 7) is 4.22. The fourth-order valence-corrected chi connectivity index (χ4v) is 3.51. The van der Waals surface area contributed by atoms with E-state index >= 15 is 0 Å². The van der Waals surface area contributed by atoms with Crippen molar-refractivity contribution >= 4 is 32.3 Å². The molecule has 0 aliphatic heterocycles. The van der Waals surface area contributed by atoms with E-state index in [2.05, 4.69) is 32.0 Å². The van der Waals surface area contributed by atoms with Gasteiger partial charge in [0.15, 0.2) is 0 Å². The molecule has 0 radical (unpaired) electrons. The van der Waals surface area contributed by atoms with E-state index < -0.39 is 0 Å². The van der Waals surface area contributed by atoms with Crippen LogP contribution in [0.4, 0.5) is 0 Å². The molecule has 0 amide bonds. The molecule has 4 aromatic rings. The van der Waals surface area contributed by atoms with E-state index in [4.69, 9.17) is 0 Å².